The quantitative estimate of drug-likeness (QED) is 0.515. The van der Waals surface area contributed by atoms with Crippen molar-refractivity contribution in [2.24, 2.45) is 5.92 Å². The van der Waals surface area contributed by atoms with E-state index in [9.17, 15) is 4.79 Å². The van der Waals surface area contributed by atoms with E-state index in [1.807, 2.05) is 13.8 Å². The summed E-state index contributed by atoms with van der Waals surface area (Å²) in [7, 11) is 0. The molecule has 0 aliphatic heterocycles. The maximum atomic E-state index is 10.9. The molecule has 0 N–H and O–H groups in total. The van der Waals surface area contributed by atoms with Crippen molar-refractivity contribution in [2.45, 2.75) is 25.4 Å². The number of carbonyl (C=O) groups excluding carboxylic acids is 1. The lowest BCUT2D eigenvalue weighted by atomic mass is 10.3. The van der Waals surface area contributed by atoms with Crippen molar-refractivity contribution in [3.63, 3.8) is 0 Å². The van der Waals surface area contributed by atoms with Crippen LogP contribution >= 0.6 is 0 Å². The first kappa shape index (κ1) is 8.20. The molecule has 0 bridgehead atoms. The van der Waals surface area contributed by atoms with Crippen molar-refractivity contribution in [3.8, 4) is 0 Å². The minimum Gasteiger partial charge on any atom is -0.321 e. The molecule has 1 nitrogen and oxygen atoms in total. The Morgan fingerprint density at radius 1 is 1.38 bits per heavy atom. The highest BCUT2D eigenvalue weighted by atomic mass is 27.2. The number of carbonyl (C=O) groups is 1. The molecule has 0 saturated carbocycles. The third kappa shape index (κ3) is 2.50. The van der Waals surface area contributed by atoms with Crippen LogP contribution in [0.4, 0.5) is 0 Å². The lowest BCUT2D eigenvalue weighted by Crippen LogP contribution is -2.22. The largest absolute Gasteiger partial charge is 0.359 e. The Morgan fingerprint density at radius 3 is 1.75 bits per heavy atom. The molecule has 0 unspecified atom stereocenters. The Bertz CT molecular complexity index is 76.5. The van der Waals surface area contributed by atoms with Crippen LogP contribution in [-0.2, 0) is 4.79 Å². The highest BCUT2D eigenvalue weighted by molar-refractivity contribution is 6.88. The zero-order valence-corrected chi connectivity index (χ0v) is 7.22. The summed E-state index contributed by atoms with van der Waals surface area (Å²) >= 11 is -0.961. The van der Waals surface area contributed by atoms with E-state index < -0.39 is 14.1 Å². The lowest BCUT2D eigenvalue weighted by molar-refractivity contribution is -0.114. The zero-order chi connectivity index (χ0) is 6.73. The monoisotopic (exact) mass is 128 g/mol. The molecular formula is C6H13AlO. The van der Waals surface area contributed by atoms with Gasteiger partial charge in [0.05, 0.1) is 4.65 Å². The fourth-order valence-corrected chi connectivity index (χ4v) is 2.00. The van der Waals surface area contributed by atoms with E-state index in [0.717, 1.165) is 0 Å². The van der Waals surface area contributed by atoms with Gasteiger partial charge in [-0.2, -0.15) is 0 Å². The summed E-state index contributed by atoms with van der Waals surface area (Å²) < 4.78 is 0.491. The van der Waals surface area contributed by atoms with Crippen LogP contribution in [0.1, 0.15) is 13.8 Å². The average molecular weight is 128 g/mol. The van der Waals surface area contributed by atoms with Crippen LogP contribution < -0.4 is 0 Å². The van der Waals surface area contributed by atoms with E-state index >= 15 is 0 Å². The molecule has 0 fully saturated rings. The molecule has 0 spiro atoms. The molecule has 2 heteroatoms. The minimum absolute atomic E-state index is 0.265. The number of hydrogen-bond acceptors (Lipinski definition) is 1. The predicted molar refractivity (Wildman–Crippen MR) is 37.3 cm³/mol. The molecule has 0 aliphatic carbocycles. The van der Waals surface area contributed by atoms with E-state index in [-0.39, 0.29) is 5.92 Å². The van der Waals surface area contributed by atoms with E-state index in [2.05, 4.69) is 11.6 Å². The van der Waals surface area contributed by atoms with Crippen molar-refractivity contribution in [2.75, 3.05) is 0 Å². The standard InChI is InChI=1S/C4H7O.2CH3.Al/c1-4(2)3-5;;;/h4H,1-2H3;2*1H3;. The summed E-state index contributed by atoms with van der Waals surface area (Å²) in [6.07, 6.45) is 0. The van der Waals surface area contributed by atoms with Gasteiger partial charge in [-0.1, -0.05) is 25.4 Å². The average Bonchev–Trinajstić information content (AvgIpc) is 1.64. The summed E-state index contributed by atoms with van der Waals surface area (Å²) in [4.78, 5) is 10.9. The van der Waals surface area contributed by atoms with Gasteiger partial charge >= 0.3 is 14.1 Å². The molecule has 0 heterocycles. The second-order valence-corrected chi connectivity index (χ2v) is 5.59. The van der Waals surface area contributed by atoms with Crippen LogP contribution in [0.15, 0.2) is 0 Å². The topological polar surface area (TPSA) is 17.1 Å². The summed E-state index contributed by atoms with van der Waals surface area (Å²) in [6.45, 7) is 3.94. The molecule has 0 aliphatic rings. The van der Waals surface area contributed by atoms with E-state index in [1.54, 1.807) is 0 Å². The minimum atomic E-state index is -0.961. The third-order valence-electron chi connectivity index (χ3n) is 1.14. The molecule has 0 amide bonds. The van der Waals surface area contributed by atoms with Crippen LogP contribution in [0.3, 0.4) is 0 Å². The van der Waals surface area contributed by atoms with Crippen molar-refractivity contribution >= 4 is 18.8 Å². The van der Waals surface area contributed by atoms with E-state index in [4.69, 9.17) is 0 Å². The Hall–Kier alpha value is 0.202. The first-order valence-corrected chi connectivity index (χ1v) is 5.98. The van der Waals surface area contributed by atoms with Crippen LogP contribution in [0.5, 0.6) is 0 Å². The smallest absolute Gasteiger partial charge is 0.321 e. The van der Waals surface area contributed by atoms with Crippen molar-refractivity contribution in [3.05, 3.63) is 0 Å². The highest BCUT2D eigenvalue weighted by Crippen LogP contribution is 1.96. The van der Waals surface area contributed by atoms with Crippen LogP contribution in [-0.4, -0.2) is 18.8 Å². The van der Waals surface area contributed by atoms with Gasteiger partial charge in [0.15, 0.2) is 0 Å². The molecule has 0 atom stereocenters. The normalized spacial score (nSPS) is 9.62. The Balaban J connectivity index is 3.65. The molecule has 46 valence electrons. The molecular weight excluding hydrogens is 115 g/mol. The first-order chi connectivity index (χ1) is 3.55. The van der Waals surface area contributed by atoms with Gasteiger partial charge in [0, 0.05) is 0 Å². The number of hydrogen-bond donors (Lipinski definition) is 0. The predicted octanol–water partition coefficient (Wildman–Crippen LogP) is 1.51. The van der Waals surface area contributed by atoms with Crippen molar-refractivity contribution in [1.29, 1.82) is 0 Å². The van der Waals surface area contributed by atoms with Crippen LogP contribution in [0.25, 0.3) is 0 Å². The summed E-state index contributed by atoms with van der Waals surface area (Å²) in [5.41, 5.74) is 0. The van der Waals surface area contributed by atoms with Gasteiger partial charge in [0.25, 0.3) is 0 Å². The van der Waals surface area contributed by atoms with E-state index in [1.165, 1.54) is 0 Å². The molecule has 0 aromatic rings. The molecule has 0 radical (unpaired) electrons. The molecule has 8 heavy (non-hydrogen) atoms. The summed E-state index contributed by atoms with van der Waals surface area (Å²) in [6, 6.07) is 0. The van der Waals surface area contributed by atoms with Crippen molar-refractivity contribution < 1.29 is 4.79 Å². The molecule has 0 aromatic heterocycles. The fraction of sp³-hybridized carbons (Fsp3) is 0.833. The van der Waals surface area contributed by atoms with Crippen molar-refractivity contribution in [1.82, 2.24) is 0 Å². The Kier molecular flexibility index (Phi) is 3.35. The van der Waals surface area contributed by atoms with Crippen LogP contribution in [0, 0.1) is 5.92 Å². The Morgan fingerprint density at radius 2 is 1.75 bits per heavy atom. The van der Waals surface area contributed by atoms with Gasteiger partial charge in [0.1, 0.15) is 0 Å². The number of rotatable bonds is 2. The molecule has 0 saturated heterocycles. The Labute approximate surface area is 55.5 Å². The SMILES string of the molecule is CC(C)[C](=O)[Al]([CH3])[CH3]. The maximum absolute atomic E-state index is 10.9. The fourth-order valence-electron chi connectivity index (χ4n) is 0.667. The maximum Gasteiger partial charge on any atom is 0.359 e. The highest BCUT2D eigenvalue weighted by Gasteiger charge is 2.16. The first-order valence-electron chi connectivity index (χ1n) is 3.09. The summed E-state index contributed by atoms with van der Waals surface area (Å²) in [5.74, 6) is 4.41. The second kappa shape index (κ2) is 3.27. The van der Waals surface area contributed by atoms with Gasteiger partial charge in [-0.05, 0) is 5.92 Å². The molecule has 0 aromatic carbocycles. The molecule has 0 rings (SSSR count). The summed E-state index contributed by atoms with van der Waals surface area (Å²) in [5, 5.41) is 0. The van der Waals surface area contributed by atoms with Gasteiger partial charge < -0.3 is 4.79 Å². The van der Waals surface area contributed by atoms with Gasteiger partial charge in [-0.3, -0.25) is 0 Å². The second-order valence-electron chi connectivity index (χ2n) is 2.71. The lowest BCUT2D eigenvalue weighted by Gasteiger charge is -2.01. The van der Waals surface area contributed by atoms with Gasteiger partial charge in [0.2, 0.25) is 0 Å². The van der Waals surface area contributed by atoms with Gasteiger partial charge in [-0.15, -0.1) is 0 Å². The van der Waals surface area contributed by atoms with E-state index in [0.29, 0.717) is 4.65 Å². The van der Waals surface area contributed by atoms with Crippen LogP contribution in [0.2, 0.25) is 11.6 Å². The zero-order valence-electron chi connectivity index (χ0n) is 6.06. The van der Waals surface area contributed by atoms with Gasteiger partial charge in [-0.25, -0.2) is 0 Å². The third-order valence-corrected chi connectivity index (χ3v) is 2.94.